The van der Waals surface area contributed by atoms with Gasteiger partial charge in [-0.05, 0) is 65.1 Å². The Labute approximate surface area is 143 Å². The van der Waals surface area contributed by atoms with Gasteiger partial charge < -0.3 is 5.73 Å². The van der Waals surface area contributed by atoms with Crippen LogP contribution < -0.4 is 5.73 Å². The summed E-state index contributed by atoms with van der Waals surface area (Å²) in [6.45, 7) is 0. The first-order valence-corrected chi connectivity index (χ1v) is 8.85. The van der Waals surface area contributed by atoms with Gasteiger partial charge in [0.05, 0.1) is 0 Å². The van der Waals surface area contributed by atoms with Crippen LogP contribution in [0.4, 0.5) is 5.69 Å². The van der Waals surface area contributed by atoms with E-state index in [0.29, 0.717) is 0 Å². The van der Waals surface area contributed by atoms with Gasteiger partial charge in [0, 0.05) is 11.1 Å². The Morgan fingerprint density at radius 3 is 2.08 bits per heavy atom. The molecule has 1 nitrogen and oxygen atoms in total. The van der Waals surface area contributed by atoms with Gasteiger partial charge in [-0.2, -0.15) is 0 Å². The number of fused-ring (bicyclic) bond motifs is 4. The Morgan fingerprint density at radius 2 is 1.33 bits per heavy atom. The lowest BCUT2D eigenvalue weighted by Gasteiger charge is -2.30. The lowest BCUT2D eigenvalue weighted by Crippen LogP contribution is -2.23. The van der Waals surface area contributed by atoms with Crippen molar-refractivity contribution in [3.8, 4) is 11.1 Å². The first-order valence-electron chi connectivity index (χ1n) is 8.85. The molecule has 5 rings (SSSR count). The first-order chi connectivity index (χ1) is 11.8. The highest BCUT2D eigenvalue weighted by Gasteiger charge is 2.47. The van der Waals surface area contributed by atoms with Crippen LogP contribution >= 0.6 is 0 Å². The largest absolute Gasteiger partial charge is 0.398 e. The highest BCUT2D eigenvalue weighted by atomic mass is 14.6. The zero-order chi connectivity index (χ0) is 16.1. The molecule has 0 aromatic heterocycles. The lowest BCUT2D eigenvalue weighted by molar-refractivity contribution is 0.509. The van der Waals surface area contributed by atoms with Crippen molar-refractivity contribution in [1.82, 2.24) is 0 Å². The molecule has 2 aliphatic carbocycles. The van der Waals surface area contributed by atoms with Gasteiger partial charge in [0.25, 0.3) is 0 Å². The molecule has 0 aliphatic heterocycles. The molecule has 1 heteroatoms. The topological polar surface area (TPSA) is 26.0 Å². The standard InChI is InChI=1S/C23H21N/c24-20-11-5-9-18-13-15-23(22(18)20)14-12-17-8-4-10-19(21(17)23)16-6-2-1-3-7-16/h1-11H,12-15,24H2. The van der Waals surface area contributed by atoms with E-state index in [-0.39, 0.29) is 5.41 Å². The molecule has 2 aliphatic rings. The number of anilines is 1. The minimum Gasteiger partial charge on any atom is -0.398 e. The van der Waals surface area contributed by atoms with E-state index in [0.717, 1.165) is 18.5 Å². The van der Waals surface area contributed by atoms with Crippen molar-refractivity contribution in [3.63, 3.8) is 0 Å². The molecule has 1 atom stereocenters. The quantitative estimate of drug-likeness (QED) is 0.621. The Bertz CT molecular complexity index is 922. The Kier molecular flexibility index (Phi) is 2.87. The number of rotatable bonds is 1. The zero-order valence-corrected chi connectivity index (χ0v) is 13.8. The fourth-order valence-electron chi connectivity index (χ4n) is 5.09. The third kappa shape index (κ3) is 1.76. The van der Waals surface area contributed by atoms with E-state index in [1.807, 2.05) is 0 Å². The number of benzene rings is 3. The van der Waals surface area contributed by atoms with Gasteiger partial charge in [0.2, 0.25) is 0 Å². The van der Waals surface area contributed by atoms with Gasteiger partial charge in [0.1, 0.15) is 0 Å². The number of aryl methyl sites for hydroxylation is 2. The van der Waals surface area contributed by atoms with Crippen molar-refractivity contribution in [3.05, 3.63) is 89.0 Å². The minimum atomic E-state index is 0.114. The van der Waals surface area contributed by atoms with Crippen molar-refractivity contribution < 1.29 is 0 Å². The van der Waals surface area contributed by atoms with Crippen LogP contribution in [0, 0.1) is 0 Å². The molecular weight excluding hydrogens is 290 g/mol. The predicted molar refractivity (Wildman–Crippen MR) is 100 cm³/mol. The molecule has 0 saturated carbocycles. The second-order valence-electron chi connectivity index (χ2n) is 7.17. The van der Waals surface area contributed by atoms with Crippen molar-refractivity contribution in [1.29, 1.82) is 0 Å². The van der Waals surface area contributed by atoms with Crippen LogP contribution in [0.1, 0.15) is 35.1 Å². The van der Waals surface area contributed by atoms with Crippen LogP contribution in [-0.2, 0) is 18.3 Å². The van der Waals surface area contributed by atoms with E-state index in [1.165, 1.54) is 46.2 Å². The average Bonchev–Trinajstić information content (AvgIpc) is 3.19. The molecule has 0 bridgehead atoms. The number of hydrogen-bond donors (Lipinski definition) is 1. The fourth-order valence-corrected chi connectivity index (χ4v) is 5.09. The second-order valence-corrected chi connectivity index (χ2v) is 7.17. The van der Waals surface area contributed by atoms with E-state index in [2.05, 4.69) is 66.7 Å². The van der Waals surface area contributed by atoms with Crippen molar-refractivity contribution >= 4 is 5.69 Å². The molecule has 3 aromatic carbocycles. The average molecular weight is 311 g/mol. The van der Waals surface area contributed by atoms with Crippen LogP contribution in [0.5, 0.6) is 0 Å². The fraction of sp³-hybridized carbons (Fsp3) is 0.217. The molecule has 0 saturated heterocycles. The summed E-state index contributed by atoms with van der Waals surface area (Å²) in [7, 11) is 0. The van der Waals surface area contributed by atoms with Crippen molar-refractivity contribution in [2.24, 2.45) is 0 Å². The maximum atomic E-state index is 6.47. The molecule has 0 fully saturated rings. The van der Waals surface area contributed by atoms with Crippen LogP contribution in [0.2, 0.25) is 0 Å². The highest BCUT2D eigenvalue weighted by molar-refractivity contribution is 5.76. The number of nitrogen functional groups attached to an aromatic ring is 1. The third-order valence-corrected chi connectivity index (χ3v) is 6.02. The molecular formula is C23H21N. The zero-order valence-electron chi connectivity index (χ0n) is 13.8. The minimum absolute atomic E-state index is 0.114. The van der Waals surface area contributed by atoms with Gasteiger partial charge >= 0.3 is 0 Å². The Hall–Kier alpha value is -2.54. The van der Waals surface area contributed by atoms with E-state index in [4.69, 9.17) is 5.73 Å². The SMILES string of the molecule is Nc1cccc2c1C1(CC2)CCc2cccc(-c3ccccc3)c21. The van der Waals surface area contributed by atoms with Gasteiger partial charge in [0.15, 0.2) is 0 Å². The summed E-state index contributed by atoms with van der Waals surface area (Å²) in [4.78, 5) is 0. The molecule has 1 unspecified atom stereocenters. The highest BCUT2D eigenvalue weighted by Crippen LogP contribution is 2.56. The summed E-state index contributed by atoms with van der Waals surface area (Å²) in [6.07, 6.45) is 4.67. The smallest absolute Gasteiger partial charge is 0.0358 e. The summed E-state index contributed by atoms with van der Waals surface area (Å²) >= 11 is 0. The lowest BCUT2D eigenvalue weighted by atomic mass is 9.73. The Balaban J connectivity index is 1.80. The van der Waals surface area contributed by atoms with Crippen LogP contribution in [-0.4, -0.2) is 0 Å². The van der Waals surface area contributed by atoms with Gasteiger partial charge in [-0.15, -0.1) is 0 Å². The Morgan fingerprint density at radius 1 is 0.667 bits per heavy atom. The molecule has 0 amide bonds. The first kappa shape index (κ1) is 13.9. The summed E-state index contributed by atoms with van der Waals surface area (Å²) in [5.41, 5.74) is 16.2. The molecule has 0 radical (unpaired) electrons. The maximum absolute atomic E-state index is 6.47. The van der Waals surface area contributed by atoms with Gasteiger partial charge in [-0.3, -0.25) is 0 Å². The van der Waals surface area contributed by atoms with E-state index in [9.17, 15) is 0 Å². The van der Waals surface area contributed by atoms with Crippen LogP contribution in [0.3, 0.4) is 0 Å². The number of nitrogens with two attached hydrogens (primary N) is 1. The van der Waals surface area contributed by atoms with Gasteiger partial charge in [-0.1, -0.05) is 60.7 Å². The molecule has 118 valence electrons. The van der Waals surface area contributed by atoms with Crippen molar-refractivity contribution in [2.45, 2.75) is 31.1 Å². The normalized spacial score (nSPS) is 21.0. The molecule has 3 aromatic rings. The van der Waals surface area contributed by atoms with E-state index in [1.54, 1.807) is 0 Å². The van der Waals surface area contributed by atoms with Crippen molar-refractivity contribution in [2.75, 3.05) is 5.73 Å². The van der Waals surface area contributed by atoms with Crippen LogP contribution in [0.15, 0.2) is 66.7 Å². The number of hydrogen-bond acceptors (Lipinski definition) is 1. The van der Waals surface area contributed by atoms with Gasteiger partial charge in [-0.25, -0.2) is 0 Å². The maximum Gasteiger partial charge on any atom is 0.0358 e. The predicted octanol–water partition coefficient (Wildman–Crippen LogP) is 5.11. The summed E-state index contributed by atoms with van der Waals surface area (Å²) in [6, 6.07) is 24.1. The summed E-state index contributed by atoms with van der Waals surface area (Å²) in [5.74, 6) is 0. The molecule has 24 heavy (non-hydrogen) atoms. The monoisotopic (exact) mass is 311 g/mol. The molecule has 1 spiro atoms. The second kappa shape index (κ2) is 4.98. The third-order valence-electron chi connectivity index (χ3n) is 6.02. The molecule has 0 heterocycles. The van der Waals surface area contributed by atoms with Crippen LogP contribution in [0.25, 0.3) is 11.1 Å². The summed E-state index contributed by atoms with van der Waals surface area (Å²) < 4.78 is 0. The molecule has 2 N–H and O–H groups in total. The summed E-state index contributed by atoms with van der Waals surface area (Å²) in [5, 5.41) is 0. The van der Waals surface area contributed by atoms with E-state index < -0.39 is 0 Å². The van der Waals surface area contributed by atoms with E-state index >= 15 is 0 Å².